The van der Waals surface area contributed by atoms with E-state index in [4.69, 9.17) is 14.8 Å². The Morgan fingerprint density at radius 2 is 1.91 bits per heavy atom. The molecule has 0 heterocycles. The molecule has 0 fully saturated rings. The molecule has 2 aromatic carbocycles. The van der Waals surface area contributed by atoms with Crippen molar-refractivity contribution >= 4 is 11.7 Å². The third kappa shape index (κ3) is 4.46. The highest BCUT2D eigenvalue weighted by Crippen LogP contribution is 2.18. The summed E-state index contributed by atoms with van der Waals surface area (Å²) in [5, 5.41) is 12.8. The highest BCUT2D eigenvalue weighted by atomic mass is 16.7. The SMILES string of the molecule is CON(C)C(=O)Nc1ccc(OCc2ccccc2C#N)cc1. The Labute approximate surface area is 134 Å². The second kappa shape index (κ2) is 7.82. The molecule has 0 radical (unpaired) electrons. The second-order valence-electron chi connectivity index (χ2n) is 4.69. The molecule has 0 spiro atoms. The van der Waals surface area contributed by atoms with Crippen LogP contribution in [0.3, 0.4) is 0 Å². The van der Waals surface area contributed by atoms with Crippen molar-refractivity contribution in [1.29, 1.82) is 5.26 Å². The number of amides is 2. The molecule has 0 unspecified atom stereocenters. The van der Waals surface area contributed by atoms with E-state index in [9.17, 15) is 4.79 Å². The number of anilines is 1. The van der Waals surface area contributed by atoms with Crippen molar-refractivity contribution in [3.8, 4) is 11.8 Å². The van der Waals surface area contributed by atoms with Crippen LogP contribution in [0, 0.1) is 11.3 Å². The van der Waals surface area contributed by atoms with Gasteiger partial charge in [0.2, 0.25) is 0 Å². The molecular weight excluding hydrogens is 294 g/mol. The lowest BCUT2D eigenvalue weighted by atomic mass is 10.1. The van der Waals surface area contributed by atoms with E-state index in [1.165, 1.54) is 14.2 Å². The van der Waals surface area contributed by atoms with Gasteiger partial charge >= 0.3 is 6.03 Å². The minimum Gasteiger partial charge on any atom is -0.489 e. The third-order valence-electron chi connectivity index (χ3n) is 3.20. The number of rotatable bonds is 5. The van der Waals surface area contributed by atoms with Gasteiger partial charge in [-0.2, -0.15) is 5.26 Å². The molecule has 2 aromatic rings. The summed E-state index contributed by atoms with van der Waals surface area (Å²) in [6.45, 7) is 0.307. The fraction of sp³-hybridized carbons (Fsp3) is 0.176. The summed E-state index contributed by atoms with van der Waals surface area (Å²) < 4.78 is 5.66. The van der Waals surface area contributed by atoms with E-state index in [-0.39, 0.29) is 6.03 Å². The first kappa shape index (κ1) is 16.3. The van der Waals surface area contributed by atoms with Gasteiger partial charge in [-0.3, -0.25) is 4.84 Å². The molecule has 1 N–H and O–H groups in total. The summed E-state index contributed by atoms with van der Waals surface area (Å²) in [5.41, 5.74) is 2.05. The van der Waals surface area contributed by atoms with Crippen LogP contribution < -0.4 is 10.1 Å². The molecule has 23 heavy (non-hydrogen) atoms. The Morgan fingerprint density at radius 1 is 1.22 bits per heavy atom. The van der Waals surface area contributed by atoms with E-state index >= 15 is 0 Å². The van der Waals surface area contributed by atoms with Gasteiger partial charge in [-0.25, -0.2) is 9.86 Å². The van der Waals surface area contributed by atoms with Gasteiger partial charge in [-0.05, 0) is 30.3 Å². The molecule has 0 saturated carbocycles. The number of urea groups is 1. The van der Waals surface area contributed by atoms with Crippen molar-refractivity contribution in [2.45, 2.75) is 6.61 Å². The van der Waals surface area contributed by atoms with Gasteiger partial charge in [-0.15, -0.1) is 0 Å². The minimum absolute atomic E-state index is 0.307. The maximum atomic E-state index is 11.6. The van der Waals surface area contributed by atoms with Gasteiger partial charge < -0.3 is 10.1 Å². The van der Waals surface area contributed by atoms with Gasteiger partial charge in [0.1, 0.15) is 12.4 Å². The zero-order chi connectivity index (χ0) is 16.7. The largest absolute Gasteiger partial charge is 0.489 e. The fourth-order valence-electron chi connectivity index (χ4n) is 1.84. The predicted octanol–water partition coefficient (Wildman–Crippen LogP) is 3.16. The average molecular weight is 311 g/mol. The number of benzene rings is 2. The Morgan fingerprint density at radius 3 is 2.57 bits per heavy atom. The molecule has 0 aliphatic heterocycles. The lowest BCUT2D eigenvalue weighted by molar-refractivity contribution is -0.0598. The Balaban J connectivity index is 1.95. The van der Waals surface area contributed by atoms with E-state index in [0.717, 1.165) is 10.6 Å². The van der Waals surface area contributed by atoms with Crippen LogP contribution in [0.2, 0.25) is 0 Å². The maximum absolute atomic E-state index is 11.6. The first-order chi connectivity index (χ1) is 11.1. The van der Waals surface area contributed by atoms with Crippen LogP contribution in [-0.2, 0) is 11.4 Å². The highest BCUT2D eigenvalue weighted by molar-refractivity contribution is 5.88. The predicted molar refractivity (Wildman–Crippen MR) is 85.7 cm³/mol. The minimum atomic E-state index is -0.371. The van der Waals surface area contributed by atoms with Crippen molar-refractivity contribution in [2.75, 3.05) is 19.5 Å². The summed E-state index contributed by atoms with van der Waals surface area (Å²) in [5.74, 6) is 0.649. The van der Waals surface area contributed by atoms with E-state index in [2.05, 4.69) is 11.4 Å². The van der Waals surface area contributed by atoms with E-state index in [1.807, 2.05) is 18.2 Å². The summed E-state index contributed by atoms with van der Waals surface area (Å²) in [6.07, 6.45) is 0. The normalized spacial score (nSPS) is 9.78. The summed E-state index contributed by atoms with van der Waals surface area (Å²) in [7, 11) is 2.93. The number of ether oxygens (including phenoxy) is 1. The third-order valence-corrected chi connectivity index (χ3v) is 3.20. The number of hydrogen-bond acceptors (Lipinski definition) is 4. The number of carbonyl (C=O) groups excluding carboxylic acids is 1. The molecule has 6 heteroatoms. The van der Waals surface area contributed by atoms with Crippen molar-refractivity contribution in [3.63, 3.8) is 0 Å². The van der Waals surface area contributed by atoms with Crippen LogP contribution >= 0.6 is 0 Å². The molecule has 0 aliphatic rings. The molecule has 0 bridgehead atoms. The van der Waals surface area contributed by atoms with Crippen molar-refractivity contribution in [1.82, 2.24) is 5.06 Å². The number of carbonyl (C=O) groups is 1. The average Bonchev–Trinajstić information content (AvgIpc) is 2.60. The number of nitrogens with one attached hydrogen (secondary N) is 1. The van der Waals surface area contributed by atoms with Crippen LogP contribution in [0.25, 0.3) is 0 Å². The molecule has 0 aliphatic carbocycles. The van der Waals surface area contributed by atoms with Crippen molar-refractivity contribution in [3.05, 3.63) is 59.7 Å². The molecule has 2 amide bonds. The summed E-state index contributed by atoms with van der Waals surface area (Å²) in [4.78, 5) is 16.4. The van der Waals surface area contributed by atoms with E-state index in [1.54, 1.807) is 30.3 Å². The Kier molecular flexibility index (Phi) is 5.56. The summed E-state index contributed by atoms with van der Waals surface area (Å²) in [6, 6.07) is 16.0. The molecule has 118 valence electrons. The van der Waals surface area contributed by atoms with Crippen LogP contribution in [0.4, 0.5) is 10.5 Å². The van der Waals surface area contributed by atoms with E-state index < -0.39 is 0 Å². The van der Waals surface area contributed by atoms with Gasteiger partial charge in [0.15, 0.2) is 0 Å². The molecule has 6 nitrogen and oxygen atoms in total. The van der Waals surface area contributed by atoms with Gasteiger partial charge in [0, 0.05) is 18.3 Å². The molecule has 0 atom stereocenters. The van der Waals surface area contributed by atoms with Crippen molar-refractivity contribution < 1.29 is 14.4 Å². The number of nitriles is 1. The van der Waals surface area contributed by atoms with Crippen LogP contribution in [-0.4, -0.2) is 25.3 Å². The zero-order valence-electron chi connectivity index (χ0n) is 12.9. The van der Waals surface area contributed by atoms with Gasteiger partial charge in [-0.1, -0.05) is 18.2 Å². The standard InChI is InChI=1S/C17H17N3O3/c1-20(22-2)17(21)19-15-7-9-16(10-8-15)23-12-14-6-4-3-5-13(14)11-18/h3-10H,12H2,1-2H3,(H,19,21). The number of hydroxylamine groups is 2. The summed E-state index contributed by atoms with van der Waals surface area (Å²) >= 11 is 0. The number of nitrogens with zero attached hydrogens (tertiary/aromatic N) is 2. The molecule has 0 aromatic heterocycles. The fourth-order valence-corrected chi connectivity index (χ4v) is 1.84. The van der Waals surface area contributed by atoms with Gasteiger partial charge in [0.25, 0.3) is 0 Å². The second-order valence-corrected chi connectivity index (χ2v) is 4.69. The zero-order valence-corrected chi connectivity index (χ0v) is 12.9. The van der Waals surface area contributed by atoms with Crippen LogP contribution in [0.1, 0.15) is 11.1 Å². The van der Waals surface area contributed by atoms with Crippen molar-refractivity contribution in [2.24, 2.45) is 0 Å². The quantitative estimate of drug-likeness (QED) is 0.861. The molecule has 2 rings (SSSR count). The first-order valence-corrected chi connectivity index (χ1v) is 6.93. The smallest absolute Gasteiger partial charge is 0.345 e. The van der Waals surface area contributed by atoms with Crippen LogP contribution in [0.5, 0.6) is 5.75 Å². The highest BCUT2D eigenvalue weighted by Gasteiger charge is 2.07. The monoisotopic (exact) mass is 311 g/mol. The lowest BCUT2D eigenvalue weighted by Crippen LogP contribution is -2.30. The first-order valence-electron chi connectivity index (χ1n) is 6.93. The maximum Gasteiger partial charge on any atom is 0.345 e. The molecule has 0 saturated heterocycles. The van der Waals surface area contributed by atoms with Gasteiger partial charge in [0.05, 0.1) is 18.7 Å². The van der Waals surface area contributed by atoms with E-state index in [0.29, 0.717) is 23.6 Å². The molecular formula is C17H17N3O3. The van der Waals surface area contributed by atoms with Crippen LogP contribution in [0.15, 0.2) is 48.5 Å². The Bertz CT molecular complexity index is 708. The Hall–Kier alpha value is -3.04. The lowest BCUT2D eigenvalue weighted by Gasteiger charge is -2.14. The number of hydrogen-bond donors (Lipinski definition) is 1. The topological polar surface area (TPSA) is 74.6 Å².